The van der Waals surface area contributed by atoms with Crippen molar-refractivity contribution in [1.82, 2.24) is 5.32 Å². The highest BCUT2D eigenvalue weighted by Gasteiger charge is 2.28. The third kappa shape index (κ3) is 5.10. The van der Waals surface area contributed by atoms with E-state index >= 15 is 0 Å². The predicted molar refractivity (Wildman–Crippen MR) is 79.4 cm³/mol. The Labute approximate surface area is 124 Å². The first-order valence-corrected chi connectivity index (χ1v) is 7.37. The Bertz CT molecular complexity index is 486. The summed E-state index contributed by atoms with van der Waals surface area (Å²) in [6, 6.07) is 9.51. The van der Waals surface area contributed by atoms with Crippen LogP contribution in [0.2, 0.25) is 0 Å². The molecular weight excluding hydrogens is 268 g/mol. The van der Waals surface area contributed by atoms with Crippen LogP contribution in [-0.2, 0) is 9.53 Å². The minimum Gasteiger partial charge on any atom is -0.436 e. The first-order valence-electron chi connectivity index (χ1n) is 7.37. The van der Waals surface area contributed by atoms with Crippen molar-refractivity contribution in [3.05, 3.63) is 35.9 Å². The minimum absolute atomic E-state index is 0.140. The number of ether oxygens (including phenoxy) is 1. The molecule has 0 aliphatic heterocycles. The molecule has 5 heteroatoms. The van der Waals surface area contributed by atoms with Gasteiger partial charge >= 0.3 is 6.09 Å². The second kappa shape index (κ2) is 7.11. The van der Waals surface area contributed by atoms with Gasteiger partial charge in [0.25, 0.3) is 5.91 Å². The molecule has 2 rings (SSSR count). The Hall–Kier alpha value is -2.04. The maximum atomic E-state index is 12.3. The fourth-order valence-corrected chi connectivity index (χ4v) is 2.31. The maximum Gasteiger partial charge on any atom is 0.405 e. The van der Waals surface area contributed by atoms with Crippen LogP contribution in [0.4, 0.5) is 4.79 Å². The zero-order chi connectivity index (χ0) is 15.2. The van der Waals surface area contributed by atoms with E-state index in [1.807, 2.05) is 37.3 Å². The van der Waals surface area contributed by atoms with Gasteiger partial charge in [-0.2, -0.15) is 0 Å². The van der Waals surface area contributed by atoms with Gasteiger partial charge in [-0.1, -0.05) is 43.2 Å². The molecule has 0 aromatic heterocycles. The Morgan fingerprint density at radius 2 is 2.00 bits per heavy atom. The molecule has 0 heterocycles. The van der Waals surface area contributed by atoms with Crippen LogP contribution in [0.25, 0.3) is 0 Å². The van der Waals surface area contributed by atoms with Crippen molar-refractivity contribution in [2.24, 2.45) is 11.7 Å². The SMILES string of the molecule is CC(NC(=O)C(CCC1CC1)OC(N)=O)c1ccccc1. The highest BCUT2D eigenvalue weighted by atomic mass is 16.6. The van der Waals surface area contributed by atoms with Gasteiger partial charge in [-0.15, -0.1) is 0 Å². The number of carbonyl (C=O) groups is 2. The van der Waals surface area contributed by atoms with E-state index in [2.05, 4.69) is 5.32 Å². The molecular formula is C16H22N2O3. The number of nitrogens with two attached hydrogens (primary N) is 1. The van der Waals surface area contributed by atoms with E-state index in [0.717, 1.165) is 12.0 Å². The van der Waals surface area contributed by atoms with Crippen LogP contribution in [0.1, 0.15) is 44.2 Å². The largest absolute Gasteiger partial charge is 0.436 e. The summed E-state index contributed by atoms with van der Waals surface area (Å²) in [4.78, 5) is 23.2. The van der Waals surface area contributed by atoms with Crippen molar-refractivity contribution >= 4 is 12.0 Å². The highest BCUT2D eigenvalue weighted by molar-refractivity contribution is 5.83. The average Bonchev–Trinajstić information content (AvgIpc) is 3.28. The van der Waals surface area contributed by atoms with Crippen LogP contribution >= 0.6 is 0 Å². The maximum absolute atomic E-state index is 12.3. The summed E-state index contributed by atoms with van der Waals surface area (Å²) in [5.41, 5.74) is 6.06. The van der Waals surface area contributed by atoms with Gasteiger partial charge < -0.3 is 15.8 Å². The molecule has 0 spiro atoms. The topological polar surface area (TPSA) is 81.4 Å². The average molecular weight is 290 g/mol. The molecule has 21 heavy (non-hydrogen) atoms. The van der Waals surface area contributed by atoms with Gasteiger partial charge in [0, 0.05) is 0 Å². The number of benzene rings is 1. The molecule has 114 valence electrons. The van der Waals surface area contributed by atoms with Gasteiger partial charge in [0.15, 0.2) is 6.10 Å². The number of amides is 2. The summed E-state index contributed by atoms with van der Waals surface area (Å²) < 4.78 is 4.95. The Kier molecular flexibility index (Phi) is 5.20. The van der Waals surface area contributed by atoms with Crippen molar-refractivity contribution in [2.45, 2.75) is 44.8 Å². The summed E-state index contributed by atoms with van der Waals surface area (Å²) in [6.45, 7) is 1.90. The second-order valence-electron chi connectivity index (χ2n) is 5.59. The molecule has 3 N–H and O–H groups in total. The quantitative estimate of drug-likeness (QED) is 0.809. The zero-order valence-corrected chi connectivity index (χ0v) is 12.2. The van der Waals surface area contributed by atoms with Gasteiger partial charge in [-0.25, -0.2) is 4.79 Å². The van der Waals surface area contributed by atoms with E-state index in [1.165, 1.54) is 12.8 Å². The normalized spacial score (nSPS) is 16.8. The molecule has 1 aliphatic rings. The molecule has 1 fully saturated rings. The molecule has 1 aliphatic carbocycles. The number of hydrogen-bond acceptors (Lipinski definition) is 3. The van der Waals surface area contributed by atoms with E-state index < -0.39 is 12.2 Å². The molecule has 1 saturated carbocycles. The summed E-state index contributed by atoms with van der Waals surface area (Å²) in [7, 11) is 0. The Balaban J connectivity index is 1.91. The number of nitrogens with one attached hydrogen (secondary N) is 1. The van der Waals surface area contributed by atoms with Crippen LogP contribution in [0.15, 0.2) is 30.3 Å². The van der Waals surface area contributed by atoms with E-state index in [4.69, 9.17) is 10.5 Å². The van der Waals surface area contributed by atoms with Crippen molar-refractivity contribution in [3.8, 4) is 0 Å². The number of rotatable bonds is 7. The molecule has 0 radical (unpaired) electrons. The lowest BCUT2D eigenvalue weighted by molar-refractivity contribution is -0.130. The van der Waals surface area contributed by atoms with E-state index in [0.29, 0.717) is 12.3 Å². The third-order valence-corrected chi connectivity index (χ3v) is 3.74. The van der Waals surface area contributed by atoms with E-state index in [-0.39, 0.29) is 11.9 Å². The van der Waals surface area contributed by atoms with Gasteiger partial charge in [-0.05, 0) is 31.2 Å². The van der Waals surface area contributed by atoms with Crippen molar-refractivity contribution in [2.75, 3.05) is 0 Å². The molecule has 2 amide bonds. The smallest absolute Gasteiger partial charge is 0.405 e. The van der Waals surface area contributed by atoms with Gasteiger partial charge in [0.1, 0.15) is 0 Å². The van der Waals surface area contributed by atoms with Crippen LogP contribution in [0.3, 0.4) is 0 Å². The number of carbonyl (C=O) groups excluding carboxylic acids is 2. The first-order chi connectivity index (χ1) is 10.1. The van der Waals surface area contributed by atoms with E-state index in [9.17, 15) is 9.59 Å². The predicted octanol–water partition coefficient (Wildman–Crippen LogP) is 2.52. The zero-order valence-electron chi connectivity index (χ0n) is 12.2. The van der Waals surface area contributed by atoms with Crippen LogP contribution in [0.5, 0.6) is 0 Å². The molecule has 2 unspecified atom stereocenters. The lowest BCUT2D eigenvalue weighted by Crippen LogP contribution is -2.40. The summed E-state index contributed by atoms with van der Waals surface area (Å²) in [5, 5.41) is 2.87. The monoisotopic (exact) mass is 290 g/mol. The van der Waals surface area contributed by atoms with Gasteiger partial charge in [0.05, 0.1) is 6.04 Å². The standard InChI is InChI=1S/C16H22N2O3/c1-11(13-5-3-2-4-6-13)18-15(19)14(21-16(17)20)10-9-12-7-8-12/h2-6,11-12,14H,7-10H2,1H3,(H2,17,20)(H,18,19). The van der Waals surface area contributed by atoms with E-state index in [1.54, 1.807) is 0 Å². The Morgan fingerprint density at radius 1 is 1.33 bits per heavy atom. The fourth-order valence-electron chi connectivity index (χ4n) is 2.31. The lowest BCUT2D eigenvalue weighted by atomic mass is 10.1. The first kappa shape index (κ1) is 15.4. The molecule has 5 nitrogen and oxygen atoms in total. The number of hydrogen-bond donors (Lipinski definition) is 2. The molecule has 2 atom stereocenters. The molecule has 0 saturated heterocycles. The molecule has 0 bridgehead atoms. The molecule has 1 aromatic carbocycles. The third-order valence-electron chi connectivity index (χ3n) is 3.74. The van der Waals surface area contributed by atoms with Crippen molar-refractivity contribution < 1.29 is 14.3 Å². The summed E-state index contributed by atoms with van der Waals surface area (Å²) >= 11 is 0. The van der Waals surface area contributed by atoms with Crippen molar-refractivity contribution in [1.29, 1.82) is 0 Å². The van der Waals surface area contributed by atoms with Crippen LogP contribution in [-0.4, -0.2) is 18.1 Å². The van der Waals surface area contributed by atoms with Gasteiger partial charge in [0.2, 0.25) is 0 Å². The fraction of sp³-hybridized carbons (Fsp3) is 0.500. The Morgan fingerprint density at radius 3 is 2.57 bits per heavy atom. The second-order valence-corrected chi connectivity index (χ2v) is 5.59. The summed E-state index contributed by atoms with van der Waals surface area (Å²) in [5.74, 6) is 0.383. The summed E-state index contributed by atoms with van der Waals surface area (Å²) in [6.07, 6.45) is 2.12. The van der Waals surface area contributed by atoms with Crippen LogP contribution in [0, 0.1) is 5.92 Å². The number of primary amides is 1. The van der Waals surface area contributed by atoms with Gasteiger partial charge in [-0.3, -0.25) is 4.79 Å². The lowest BCUT2D eigenvalue weighted by Gasteiger charge is -2.20. The minimum atomic E-state index is -0.904. The highest BCUT2D eigenvalue weighted by Crippen LogP contribution is 2.34. The van der Waals surface area contributed by atoms with Crippen molar-refractivity contribution in [3.63, 3.8) is 0 Å². The van der Waals surface area contributed by atoms with Crippen LogP contribution < -0.4 is 11.1 Å². The molecule has 1 aromatic rings.